The number of nitriles is 3. The zero-order valence-corrected chi connectivity index (χ0v) is 13.5. The average Bonchev–Trinajstić information content (AvgIpc) is 2.18. The second-order valence-corrected chi connectivity index (χ2v) is 5.21. The summed E-state index contributed by atoms with van der Waals surface area (Å²) in [6.07, 6.45) is 5.79. The summed E-state index contributed by atoms with van der Waals surface area (Å²) in [5.41, 5.74) is 0.650. The molecule has 1 saturated carbocycles. The summed E-state index contributed by atoms with van der Waals surface area (Å²) in [6, 6.07) is 0. The van der Waals surface area contributed by atoms with Crippen LogP contribution in [-0.4, -0.2) is 0 Å². The van der Waals surface area contributed by atoms with Crippen molar-refractivity contribution in [1.29, 1.82) is 15.8 Å². The summed E-state index contributed by atoms with van der Waals surface area (Å²) < 4.78 is 0. The van der Waals surface area contributed by atoms with Crippen molar-refractivity contribution in [2.24, 2.45) is 11.3 Å². The molecule has 0 bridgehead atoms. The van der Waals surface area contributed by atoms with Gasteiger partial charge in [0.15, 0.2) is 0 Å². The Morgan fingerprint density at radius 1 is 1.16 bits per heavy atom. The van der Waals surface area contributed by atoms with Gasteiger partial charge in [-0.15, -0.1) is 0 Å². The molecule has 1 unspecified atom stereocenters. The van der Waals surface area contributed by atoms with Crippen LogP contribution in [0.3, 0.4) is 0 Å². The van der Waals surface area contributed by atoms with Gasteiger partial charge in [0.05, 0.1) is 0 Å². The van der Waals surface area contributed by atoms with E-state index in [1.807, 2.05) is 0 Å². The fourth-order valence-corrected chi connectivity index (χ4v) is 2.08. The maximum absolute atomic E-state index is 7.18. The highest BCUT2D eigenvalue weighted by molar-refractivity contribution is 7.85. The Bertz CT molecular complexity index is 269. The van der Waals surface area contributed by atoms with E-state index in [0.717, 1.165) is 5.92 Å². The van der Waals surface area contributed by atoms with Crippen LogP contribution < -0.4 is 0 Å². The molecule has 6 heteroatoms. The van der Waals surface area contributed by atoms with Crippen LogP contribution in [0.15, 0.2) is 0 Å². The normalized spacial score (nSPS) is 17.4. The number of nitrogens with zero attached hydrogens (tertiary/aromatic N) is 3. The molecule has 0 saturated heterocycles. The van der Waals surface area contributed by atoms with Crippen molar-refractivity contribution < 1.29 is 0 Å². The maximum atomic E-state index is 7.18. The first-order valence-electron chi connectivity index (χ1n) is 5.40. The van der Waals surface area contributed by atoms with Gasteiger partial charge in [-0.3, -0.25) is 0 Å². The molecule has 0 spiro atoms. The molecule has 110 valence electrons. The first-order valence-corrected chi connectivity index (χ1v) is 6.67. The van der Waals surface area contributed by atoms with Gasteiger partial charge in [0.2, 0.25) is 0 Å². The number of rotatable bonds is 0. The van der Waals surface area contributed by atoms with Crippen LogP contribution in [0, 0.1) is 43.3 Å². The van der Waals surface area contributed by atoms with Gasteiger partial charge in [-0.1, -0.05) is 64.5 Å². The van der Waals surface area contributed by atoms with E-state index in [1.165, 1.54) is 41.9 Å². The number of hydrogen-bond acceptors (Lipinski definition) is 6. The summed E-state index contributed by atoms with van der Waals surface area (Å²) in [6.45, 7) is 7.16. The van der Waals surface area contributed by atoms with E-state index in [4.69, 9.17) is 15.8 Å². The lowest BCUT2D eigenvalue weighted by Crippen LogP contribution is -2.20. The molecule has 0 heterocycles. The van der Waals surface area contributed by atoms with Crippen molar-refractivity contribution in [3.63, 3.8) is 0 Å². The molecule has 1 atom stereocenters. The van der Waals surface area contributed by atoms with Crippen LogP contribution in [0.4, 0.5) is 0 Å². The topological polar surface area (TPSA) is 71.4 Å². The van der Waals surface area contributed by atoms with Crippen molar-refractivity contribution in [3.05, 3.63) is 0 Å². The Labute approximate surface area is 135 Å². The predicted molar refractivity (Wildman–Crippen MR) is 88.7 cm³/mol. The predicted octanol–water partition coefficient (Wildman–Crippen LogP) is 4.28. The van der Waals surface area contributed by atoms with Crippen LogP contribution >= 0.6 is 12.6 Å². The minimum absolute atomic E-state index is 0. The molecule has 0 aromatic rings. The molecule has 0 amide bonds. The second kappa shape index (κ2) is 19.6. The summed E-state index contributed by atoms with van der Waals surface area (Å²) >= 11 is 10.5. The van der Waals surface area contributed by atoms with Crippen molar-refractivity contribution in [1.82, 2.24) is 0 Å². The van der Waals surface area contributed by atoms with Crippen LogP contribution in [0.1, 0.15) is 53.9 Å². The minimum Gasteiger partial charge on any atom is -0.696 e. The largest absolute Gasteiger partial charge is 0.696 e. The lowest BCUT2D eigenvalue weighted by Gasteiger charge is -2.33. The number of thiocyanates is 3. The highest BCUT2D eigenvalue weighted by atomic mass is 32.1. The van der Waals surface area contributed by atoms with Crippen molar-refractivity contribution in [2.75, 3.05) is 0 Å². The van der Waals surface area contributed by atoms with E-state index in [1.54, 1.807) is 0 Å². The monoisotopic (exact) mass is 317 g/mol. The third-order valence-electron chi connectivity index (χ3n) is 2.45. The standard InChI is InChI=1S/C9H18.3CHNS.CH4/c1-8-5-4-6-9(2,3)7-8;3*2-1-3;/h8H,4-7H2,1-3H3;3*3H;1H4/p-2. The van der Waals surface area contributed by atoms with Gasteiger partial charge < -0.3 is 25.3 Å². The zero-order valence-electron chi connectivity index (χ0n) is 11.0. The Morgan fingerprint density at radius 2 is 1.47 bits per heavy atom. The van der Waals surface area contributed by atoms with Gasteiger partial charge in [0.25, 0.3) is 0 Å². The molecule has 0 aliphatic heterocycles. The van der Waals surface area contributed by atoms with Gasteiger partial charge >= 0.3 is 0 Å². The second-order valence-electron chi connectivity index (χ2n) is 4.65. The molecule has 19 heavy (non-hydrogen) atoms. The van der Waals surface area contributed by atoms with E-state index in [2.05, 4.69) is 58.7 Å². The molecule has 0 N–H and O–H groups in total. The lowest BCUT2D eigenvalue weighted by molar-refractivity contribution is 0.191. The fourth-order valence-electron chi connectivity index (χ4n) is 2.08. The molecule has 1 aliphatic carbocycles. The van der Waals surface area contributed by atoms with Crippen molar-refractivity contribution in [3.8, 4) is 16.2 Å². The van der Waals surface area contributed by atoms with Crippen LogP contribution in [0.25, 0.3) is 0 Å². The lowest BCUT2D eigenvalue weighted by atomic mass is 9.73. The smallest absolute Gasteiger partial charge is 0.130 e. The first-order chi connectivity index (χ1) is 8.34. The highest BCUT2D eigenvalue weighted by Crippen LogP contribution is 2.37. The quantitative estimate of drug-likeness (QED) is 0.410. The molecule has 3 nitrogen and oxygen atoms in total. The van der Waals surface area contributed by atoms with E-state index >= 15 is 0 Å². The van der Waals surface area contributed by atoms with Gasteiger partial charge in [0, 0.05) is 0 Å². The molecule has 0 aromatic heterocycles. The number of thiol groups is 1. The van der Waals surface area contributed by atoms with Gasteiger partial charge in [0.1, 0.15) is 5.40 Å². The van der Waals surface area contributed by atoms with Crippen LogP contribution in [0.2, 0.25) is 0 Å². The summed E-state index contributed by atoms with van der Waals surface area (Å²) in [4.78, 5) is 0. The molecular formula is C13H23N3S3-2. The Kier molecular flexibility index (Phi) is 27.6. The van der Waals surface area contributed by atoms with E-state index in [9.17, 15) is 0 Å². The van der Waals surface area contributed by atoms with Crippen LogP contribution in [-0.2, 0) is 25.3 Å². The SMILES string of the molecule is C.CC1CCCC(C)(C)C1.N#CS.N#C[S-].N#C[S-]. The Balaban J connectivity index is -0.0000000956. The van der Waals surface area contributed by atoms with E-state index in [0.29, 0.717) is 5.41 Å². The summed E-state index contributed by atoms with van der Waals surface area (Å²) in [7, 11) is 0. The van der Waals surface area contributed by atoms with Gasteiger partial charge in [-0.05, 0) is 24.2 Å². The maximum Gasteiger partial charge on any atom is 0.130 e. The first kappa shape index (κ1) is 26.8. The zero-order chi connectivity index (χ0) is 15.0. The van der Waals surface area contributed by atoms with Crippen molar-refractivity contribution in [2.45, 2.75) is 53.9 Å². The van der Waals surface area contributed by atoms with E-state index < -0.39 is 0 Å². The average molecular weight is 318 g/mol. The highest BCUT2D eigenvalue weighted by Gasteiger charge is 2.24. The molecule has 1 fully saturated rings. The molecular weight excluding hydrogens is 294 g/mol. The fraction of sp³-hybridized carbons (Fsp3) is 0.769. The Morgan fingerprint density at radius 3 is 1.63 bits per heavy atom. The molecule has 1 rings (SSSR count). The summed E-state index contributed by atoms with van der Waals surface area (Å²) in [5, 5.41) is 25.6. The van der Waals surface area contributed by atoms with E-state index in [-0.39, 0.29) is 7.43 Å². The third kappa shape index (κ3) is 31.7. The molecule has 1 aliphatic rings. The molecule has 0 aromatic carbocycles. The van der Waals surface area contributed by atoms with Crippen LogP contribution in [0.5, 0.6) is 0 Å². The third-order valence-corrected chi connectivity index (χ3v) is 2.45. The van der Waals surface area contributed by atoms with Gasteiger partial charge in [-0.2, -0.15) is 5.26 Å². The van der Waals surface area contributed by atoms with Gasteiger partial charge in [-0.25, -0.2) is 10.5 Å². The van der Waals surface area contributed by atoms with Crippen molar-refractivity contribution >= 4 is 37.9 Å². The summed E-state index contributed by atoms with van der Waals surface area (Å²) in [5.74, 6) is 0.980. The molecule has 0 radical (unpaired) electrons. The number of hydrogen-bond donors (Lipinski definition) is 1. The minimum atomic E-state index is 0. The Hall–Kier alpha value is -0.740.